The fourth-order valence-corrected chi connectivity index (χ4v) is 4.10. The van der Waals surface area contributed by atoms with Gasteiger partial charge in [0.25, 0.3) is 5.89 Å². The van der Waals surface area contributed by atoms with Crippen molar-refractivity contribution in [3.8, 4) is 34.3 Å². The van der Waals surface area contributed by atoms with Crippen molar-refractivity contribution < 1.29 is 18.8 Å². The Balaban J connectivity index is 1.35. The van der Waals surface area contributed by atoms with Gasteiger partial charge in [-0.15, -0.1) is 11.8 Å². The maximum atomic E-state index is 12.7. The highest BCUT2D eigenvalue weighted by Crippen LogP contribution is 2.35. The van der Waals surface area contributed by atoms with E-state index in [4.69, 9.17) is 19.7 Å². The van der Waals surface area contributed by atoms with E-state index >= 15 is 0 Å². The third-order valence-corrected chi connectivity index (χ3v) is 5.89. The number of anilines is 2. The Morgan fingerprint density at radius 1 is 1.15 bits per heavy atom. The van der Waals surface area contributed by atoms with E-state index in [0.29, 0.717) is 46.8 Å². The first-order valence-corrected chi connectivity index (χ1v) is 11.7. The molecule has 0 atom stereocenters. The number of carbonyl (C=O) groups is 1. The van der Waals surface area contributed by atoms with Gasteiger partial charge in [0.15, 0.2) is 11.5 Å². The van der Waals surface area contributed by atoms with Crippen LogP contribution < -0.4 is 20.5 Å². The summed E-state index contributed by atoms with van der Waals surface area (Å²) < 4.78 is 18.0. The summed E-state index contributed by atoms with van der Waals surface area (Å²) in [7, 11) is 0. The van der Waals surface area contributed by atoms with E-state index in [1.165, 1.54) is 16.4 Å². The van der Waals surface area contributed by atoms with E-state index < -0.39 is 0 Å². The Labute approximate surface area is 199 Å². The monoisotopic (exact) mass is 478 g/mol. The summed E-state index contributed by atoms with van der Waals surface area (Å²) in [4.78, 5) is 17.2. The molecule has 0 radical (unpaired) electrons. The summed E-state index contributed by atoms with van der Waals surface area (Å²) in [6.45, 7) is 2.89. The van der Waals surface area contributed by atoms with Crippen molar-refractivity contribution >= 4 is 29.2 Å². The number of aromatic nitrogens is 4. The Hall–Kier alpha value is -3.99. The summed E-state index contributed by atoms with van der Waals surface area (Å²) in [5.41, 5.74) is 9.41. The van der Waals surface area contributed by atoms with Crippen LogP contribution in [0.5, 0.6) is 11.5 Å². The van der Waals surface area contributed by atoms with Crippen LogP contribution in [-0.2, 0) is 11.3 Å². The lowest BCUT2D eigenvalue weighted by Crippen LogP contribution is -2.21. The van der Waals surface area contributed by atoms with E-state index in [1.807, 2.05) is 37.4 Å². The number of nitrogens with zero attached hydrogens (tertiary/aromatic N) is 4. The predicted molar refractivity (Wildman–Crippen MR) is 128 cm³/mol. The zero-order valence-corrected chi connectivity index (χ0v) is 19.4. The molecule has 0 saturated carbocycles. The molecule has 1 amide bonds. The molecule has 3 heterocycles. The average Bonchev–Trinajstić information content (AvgIpc) is 3.44. The molecule has 2 aromatic carbocycles. The second-order valence-electron chi connectivity index (χ2n) is 7.62. The molecular weight excluding hydrogens is 456 g/mol. The van der Waals surface area contributed by atoms with Gasteiger partial charge in [-0.05, 0) is 25.3 Å². The predicted octanol–water partition coefficient (Wildman–Crippen LogP) is 3.62. The molecule has 0 aliphatic carbocycles. The molecule has 0 bridgehead atoms. The molecule has 1 aliphatic rings. The van der Waals surface area contributed by atoms with Crippen LogP contribution >= 0.6 is 11.8 Å². The Morgan fingerprint density at radius 2 is 1.91 bits per heavy atom. The summed E-state index contributed by atoms with van der Waals surface area (Å²) in [6.07, 6.45) is 1.86. The summed E-state index contributed by atoms with van der Waals surface area (Å²) in [5, 5.41) is 12.0. The number of rotatable bonds is 6. The second kappa shape index (κ2) is 9.10. The first-order chi connectivity index (χ1) is 16.5. The van der Waals surface area contributed by atoms with Crippen molar-refractivity contribution in [3.05, 3.63) is 48.0 Å². The van der Waals surface area contributed by atoms with Gasteiger partial charge in [0.05, 0.1) is 0 Å². The van der Waals surface area contributed by atoms with Gasteiger partial charge in [0, 0.05) is 17.3 Å². The first kappa shape index (κ1) is 21.8. The van der Waals surface area contributed by atoms with Crippen molar-refractivity contribution in [1.82, 2.24) is 19.9 Å². The minimum Gasteiger partial charge on any atom is -0.486 e. The molecule has 3 N–H and O–H groups in total. The third kappa shape index (κ3) is 4.29. The van der Waals surface area contributed by atoms with Crippen LogP contribution in [0.15, 0.2) is 52.0 Å². The van der Waals surface area contributed by atoms with Gasteiger partial charge in [-0.2, -0.15) is 10.1 Å². The van der Waals surface area contributed by atoms with Gasteiger partial charge < -0.3 is 25.0 Å². The van der Waals surface area contributed by atoms with Crippen LogP contribution in [0.2, 0.25) is 0 Å². The minimum atomic E-state index is -0.295. The molecule has 0 unspecified atom stereocenters. The molecule has 11 heteroatoms. The third-order valence-electron chi connectivity index (χ3n) is 5.22. The Bertz CT molecular complexity index is 1350. The highest BCUT2D eigenvalue weighted by molar-refractivity contribution is 7.98. The quantitative estimate of drug-likeness (QED) is 0.399. The van der Waals surface area contributed by atoms with E-state index in [-0.39, 0.29) is 24.2 Å². The van der Waals surface area contributed by atoms with Gasteiger partial charge >= 0.3 is 0 Å². The molecule has 0 spiro atoms. The lowest BCUT2D eigenvalue weighted by atomic mass is 10.1. The van der Waals surface area contributed by atoms with Gasteiger partial charge in [0.2, 0.25) is 11.7 Å². The molecule has 10 nitrogen and oxygen atoms in total. The zero-order valence-electron chi connectivity index (χ0n) is 18.6. The number of aryl methyl sites for hydroxylation is 1. The minimum absolute atomic E-state index is 0.0905. The highest BCUT2D eigenvalue weighted by atomic mass is 32.2. The van der Waals surface area contributed by atoms with Crippen molar-refractivity contribution in [3.63, 3.8) is 0 Å². The van der Waals surface area contributed by atoms with Gasteiger partial charge in [0.1, 0.15) is 36.2 Å². The number of carbonyl (C=O) groups excluding carboxylic acids is 1. The molecule has 1 aliphatic heterocycles. The molecule has 4 aromatic rings. The normalized spacial score (nSPS) is 12.5. The van der Waals surface area contributed by atoms with Crippen molar-refractivity contribution in [2.45, 2.75) is 18.5 Å². The van der Waals surface area contributed by atoms with Crippen LogP contribution in [-0.4, -0.2) is 45.3 Å². The molecule has 0 fully saturated rings. The molecule has 2 aromatic heterocycles. The van der Waals surface area contributed by atoms with E-state index in [9.17, 15) is 4.79 Å². The zero-order chi connectivity index (χ0) is 23.7. The van der Waals surface area contributed by atoms with Crippen LogP contribution in [0, 0.1) is 6.92 Å². The summed E-state index contributed by atoms with van der Waals surface area (Å²) in [6, 6.07) is 13.0. The SMILES string of the molecule is CSc1nn(CC(=O)Nc2ccc3c(c2)OCCO3)c(N)c1-c1nc(-c2ccc(C)cc2)no1. The molecule has 5 rings (SSSR count). The van der Waals surface area contributed by atoms with Crippen LogP contribution in [0.3, 0.4) is 0 Å². The fraction of sp³-hybridized carbons (Fsp3) is 0.217. The van der Waals surface area contributed by atoms with Crippen molar-refractivity contribution in [2.24, 2.45) is 0 Å². The average molecular weight is 479 g/mol. The first-order valence-electron chi connectivity index (χ1n) is 10.5. The lowest BCUT2D eigenvalue weighted by molar-refractivity contribution is -0.116. The van der Waals surface area contributed by atoms with E-state index in [2.05, 4.69) is 20.6 Å². The fourth-order valence-electron chi connectivity index (χ4n) is 3.52. The number of fused-ring (bicyclic) bond motifs is 1. The number of hydrogen-bond donors (Lipinski definition) is 2. The van der Waals surface area contributed by atoms with Gasteiger partial charge in [-0.3, -0.25) is 4.79 Å². The number of thioether (sulfide) groups is 1. The van der Waals surface area contributed by atoms with Crippen LogP contribution in [0.4, 0.5) is 11.5 Å². The van der Waals surface area contributed by atoms with Gasteiger partial charge in [-0.1, -0.05) is 35.0 Å². The Kier molecular flexibility index (Phi) is 5.84. The van der Waals surface area contributed by atoms with Crippen LogP contribution in [0.1, 0.15) is 5.56 Å². The Morgan fingerprint density at radius 3 is 2.68 bits per heavy atom. The van der Waals surface area contributed by atoms with Crippen LogP contribution in [0.25, 0.3) is 22.8 Å². The standard InChI is InChI=1S/C23H22N6O4S/c1-13-3-5-14(6-4-13)21-26-22(33-28-21)19-20(24)29(27-23(19)34-2)12-18(30)25-15-7-8-16-17(11-15)32-10-9-31-16/h3-8,11H,9-10,12,24H2,1-2H3,(H,25,30). The van der Waals surface area contributed by atoms with E-state index in [1.54, 1.807) is 18.2 Å². The molecule has 0 saturated heterocycles. The summed E-state index contributed by atoms with van der Waals surface area (Å²) in [5.74, 6) is 1.91. The van der Waals surface area contributed by atoms with Gasteiger partial charge in [-0.25, -0.2) is 4.68 Å². The number of ether oxygens (including phenoxy) is 2. The summed E-state index contributed by atoms with van der Waals surface area (Å²) >= 11 is 1.38. The number of amides is 1. The maximum absolute atomic E-state index is 12.7. The van der Waals surface area contributed by atoms with Crippen molar-refractivity contribution in [2.75, 3.05) is 30.5 Å². The number of nitrogen functional groups attached to an aromatic ring is 1. The second-order valence-corrected chi connectivity index (χ2v) is 8.42. The number of hydrogen-bond acceptors (Lipinski definition) is 9. The molecule has 174 valence electrons. The van der Waals surface area contributed by atoms with E-state index in [0.717, 1.165) is 11.1 Å². The number of nitrogens with one attached hydrogen (secondary N) is 1. The number of benzene rings is 2. The topological polar surface area (TPSA) is 130 Å². The largest absolute Gasteiger partial charge is 0.486 e. The molecular formula is C23H22N6O4S. The number of nitrogens with two attached hydrogens (primary N) is 1. The van der Waals surface area contributed by atoms with Crippen molar-refractivity contribution in [1.29, 1.82) is 0 Å². The highest BCUT2D eigenvalue weighted by Gasteiger charge is 2.24. The lowest BCUT2D eigenvalue weighted by Gasteiger charge is -2.19. The molecule has 34 heavy (non-hydrogen) atoms. The smallest absolute Gasteiger partial charge is 0.264 e. The maximum Gasteiger partial charge on any atom is 0.264 e.